The van der Waals surface area contributed by atoms with Crippen LogP contribution in [0.2, 0.25) is 10.0 Å². The molecular weight excluding hydrogens is 255 g/mol. The molecule has 0 radical (unpaired) electrons. The molecule has 1 aromatic carbocycles. The fourth-order valence-electron chi connectivity index (χ4n) is 0.894. The molecular formula is C7HCl2F2NO3. The van der Waals surface area contributed by atoms with E-state index in [2.05, 4.69) is 0 Å². The van der Waals surface area contributed by atoms with E-state index in [9.17, 15) is 23.7 Å². The summed E-state index contributed by atoms with van der Waals surface area (Å²) < 4.78 is 25.2. The summed E-state index contributed by atoms with van der Waals surface area (Å²) in [6.45, 7) is 0. The standard InChI is InChI=1S/C7HCl2F2NO3/c8-4-2(7(11)13)1-3(10)5(9)6(4)12(14)15/h1H. The Hall–Kier alpha value is -1.27. The number of nitrogens with zero attached hydrogens (tertiary/aromatic N) is 1. The second-order valence-electron chi connectivity index (χ2n) is 2.41. The normalized spacial score (nSPS) is 10.1. The van der Waals surface area contributed by atoms with E-state index in [1.165, 1.54) is 0 Å². The van der Waals surface area contributed by atoms with Crippen LogP contribution in [0.1, 0.15) is 10.4 Å². The zero-order valence-corrected chi connectivity index (χ0v) is 8.27. The van der Waals surface area contributed by atoms with E-state index in [1.807, 2.05) is 0 Å². The summed E-state index contributed by atoms with van der Waals surface area (Å²) in [6.07, 6.45) is 0. The molecule has 0 amide bonds. The lowest BCUT2D eigenvalue weighted by Gasteiger charge is -2.02. The molecule has 0 aliphatic carbocycles. The van der Waals surface area contributed by atoms with Crippen molar-refractivity contribution in [2.24, 2.45) is 0 Å². The molecule has 0 N–H and O–H groups in total. The molecule has 0 saturated heterocycles. The first-order chi connectivity index (χ1) is 6.86. The molecule has 0 atom stereocenters. The topological polar surface area (TPSA) is 60.2 Å². The Morgan fingerprint density at radius 1 is 1.40 bits per heavy atom. The van der Waals surface area contributed by atoms with Crippen molar-refractivity contribution in [3.8, 4) is 0 Å². The van der Waals surface area contributed by atoms with Crippen LogP contribution in [0.3, 0.4) is 0 Å². The molecule has 1 rings (SSSR count). The monoisotopic (exact) mass is 255 g/mol. The Morgan fingerprint density at radius 3 is 2.33 bits per heavy atom. The van der Waals surface area contributed by atoms with E-state index < -0.39 is 38.1 Å². The fraction of sp³-hybridized carbons (Fsp3) is 0. The molecule has 8 heteroatoms. The Morgan fingerprint density at radius 2 is 1.93 bits per heavy atom. The number of nitro benzene ring substituents is 1. The van der Waals surface area contributed by atoms with Gasteiger partial charge in [-0.25, -0.2) is 4.39 Å². The highest BCUT2D eigenvalue weighted by atomic mass is 35.5. The fourth-order valence-corrected chi connectivity index (χ4v) is 1.45. The maximum atomic E-state index is 12.9. The van der Waals surface area contributed by atoms with E-state index in [0.29, 0.717) is 6.07 Å². The zero-order valence-electron chi connectivity index (χ0n) is 6.76. The van der Waals surface area contributed by atoms with Gasteiger partial charge in [0.05, 0.1) is 10.5 Å². The van der Waals surface area contributed by atoms with Crippen LogP contribution in [0.4, 0.5) is 14.5 Å². The molecule has 80 valence electrons. The second kappa shape index (κ2) is 4.08. The van der Waals surface area contributed by atoms with Crippen molar-refractivity contribution >= 4 is 34.9 Å². The highest BCUT2D eigenvalue weighted by Gasteiger charge is 2.27. The molecule has 0 aliphatic heterocycles. The highest BCUT2D eigenvalue weighted by Crippen LogP contribution is 2.37. The molecule has 15 heavy (non-hydrogen) atoms. The predicted molar refractivity (Wildman–Crippen MR) is 48.5 cm³/mol. The maximum absolute atomic E-state index is 12.9. The van der Waals surface area contributed by atoms with Crippen molar-refractivity contribution in [1.82, 2.24) is 0 Å². The minimum absolute atomic E-state index is 0.403. The van der Waals surface area contributed by atoms with Crippen molar-refractivity contribution in [3.63, 3.8) is 0 Å². The van der Waals surface area contributed by atoms with Gasteiger partial charge in [-0.1, -0.05) is 23.2 Å². The molecule has 0 spiro atoms. The summed E-state index contributed by atoms with van der Waals surface area (Å²) >= 11 is 10.6. The van der Waals surface area contributed by atoms with Crippen LogP contribution >= 0.6 is 23.2 Å². The summed E-state index contributed by atoms with van der Waals surface area (Å²) in [5.41, 5.74) is -1.95. The van der Waals surface area contributed by atoms with E-state index in [1.54, 1.807) is 0 Å². The Kier molecular flexibility index (Phi) is 3.21. The van der Waals surface area contributed by atoms with E-state index >= 15 is 0 Å². The van der Waals surface area contributed by atoms with Gasteiger partial charge in [0.15, 0.2) is 5.02 Å². The third-order valence-electron chi connectivity index (χ3n) is 1.53. The van der Waals surface area contributed by atoms with Crippen LogP contribution in [0.25, 0.3) is 0 Å². The van der Waals surface area contributed by atoms with Gasteiger partial charge >= 0.3 is 11.7 Å². The summed E-state index contributed by atoms with van der Waals surface area (Å²) in [4.78, 5) is 19.6. The number of carbonyl (C=O) groups is 1. The summed E-state index contributed by atoms with van der Waals surface area (Å²) in [6, 6.07) is -1.67. The van der Waals surface area contributed by atoms with Gasteiger partial charge in [-0.2, -0.15) is 4.39 Å². The van der Waals surface area contributed by atoms with Crippen LogP contribution in [-0.4, -0.2) is 11.0 Å². The smallest absolute Gasteiger partial charge is 0.258 e. The Labute approximate surface area is 91.5 Å². The van der Waals surface area contributed by atoms with Crippen molar-refractivity contribution in [2.45, 2.75) is 0 Å². The summed E-state index contributed by atoms with van der Waals surface area (Å²) in [7, 11) is 0. The van der Waals surface area contributed by atoms with Gasteiger partial charge in [-0.3, -0.25) is 14.9 Å². The molecule has 0 heterocycles. The van der Waals surface area contributed by atoms with Crippen molar-refractivity contribution in [1.29, 1.82) is 0 Å². The zero-order chi connectivity index (χ0) is 11.7. The molecule has 1 aromatic rings. The van der Waals surface area contributed by atoms with E-state index in [0.717, 1.165) is 0 Å². The largest absolute Gasteiger partial charge is 0.333 e. The minimum Gasteiger partial charge on any atom is -0.258 e. The van der Waals surface area contributed by atoms with Gasteiger partial charge in [-0.15, -0.1) is 0 Å². The number of hydrogen-bond donors (Lipinski definition) is 0. The molecule has 0 fully saturated rings. The van der Waals surface area contributed by atoms with E-state index in [-0.39, 0.29) is 0 Å². The molecule has 0 bridgehead atoms. The van der Waals surface area contributed by atoms with E-state index in [4.69, 9.17) is 23.2 Å². The predicted octanol–water partition coefficient (Wildman–Crippen LogP) is 3.15. The van der Waals surface area contributed by atoms with Gasteiger partial charge in [0.25, 0.3) is 0 Å². The van der Waals surface area contributed by atoms with Gasteiger partial charge in [0.2, 0.25) is 0 Å². The summed E-state index contributed by atoms with van der Waals surface area (Å²) in [5.74, 6) is -1.28. The SMILES string of the molecule is O=C(F)c1cc(F)c(Cl)c([N+](=O)[O-])c1Cl. The van der Waals surface area contributed by atoms with Crippen LogP contribution in [0.5, 0.6) is 0 Å². The van der Waals surface area contributed by atoms with Crippen LogP contribution in [0, 0.1) is 15.9 Å². The minimum atomic E-state index is -2.07. The van der Waals surface area contributed by atoms with Crippen LogP contribution in [-0.2, 0) is 0 Å². The van der Waals surface area contributed by atoms with Gasteiger partial charge in [0.1, 0.15) is 10.8 Å². The molecule has 0 unspecified atom stereocenters. The lowest BCUT2D eigenvalue weighted by Crippen LogP contribution is -2.00. The van der Waals surface area contributed by atoms with Gasteiger partial charge in [-0.05, 0) is 6.07 Å². The molecule has 0 aliphatic rings. The third kappa shape index (κ3) is 2.05. The molecule has 0 saturated carbocycles. The maximum Gasteiger partial charge on any atom is 0.333 e. The van der Waals surface area contributed by atoms with Crippen molar-refractivity contribution in [2.75, 3.05) is 0 Å². The number of halogens is 4. The highest BCUT2D eigenvalue weighted by molar-refractivity contribution is 6.40. The summed E-state index contributed by atoms with van der Waals surface area (Å²) in [5, 5.41) is 8.72. The second-order valence-corrected chi connectivity index (χ2v) is 3.17. The average Bonchev–Trinajstić information content (AvgIpc) is 2.10. The first kappa shape index (κ1) is 11.8. The number of carbonyl (C=O) groups excluding carboxylic acids is 1. The average molecular weight is 256 g/mol. The quantitative estimate of drug-likeness (QED) is 0.353. The Balaban J connectivity index is 3.63. The molecule has 0 aromatic heterocycles. The van der Waals surface area contributed by atoms with Crippen LogP contribution < -0.4 is 0 Å². The van der Waals surface area contributed by atoms with Crippen molar-refractivity contribution < 1.29 is 18.5 Å². The number of rotatable bonds is 2. The van der Waals surface area contributed by atoms with Gasteiger partial charge in [0, 0.05) is 0 Å². The number of hydrogen-bond acceptors (Lipinski definition) is 3. The van der Waals surface area contributed by atoms with Gasteiger partial charge < -0.3 is 0 Å². The number of nitro groups is 1. The molecule has 4 nitrogen and oxygen atoms in total. The third-order valence-corrected chi connectivity index (χ3v) is 2.27. The van der Waals surface area contributed by atoms with Crippen molar-refractivity contribution in [3.05, 3.63) is 37.6 Å². The number of benzene rings is 1. The first-order valence-electron chi connectivity index (χ1n) is 3.38. The lowest BCUT2D eigenvalue weighted by atomic mass is 10.2. The van der Waals surface area contributed by atoms with Crippen LogP contribution in [0.15, 0.2) is 6.07 Å². The Bertz CT molecular complexity index is 464. The first-order valence-corrected chi connectivity index (χ1v) is 4.13. The lowest BCUT2D eigenvalue weighted by molar-refractivity contribution is -0.384.